The number of hydrogen-bond acceptors (Lipinski definition) is 3. The van der Waals surface area contributed by atoms with E-state index in [0.29, 0.717) is 32.6 Å². The molecular weight excluding hydrogens is 204 g/mol. The fraction of sp³-hybridized carbons (Fsp3) is 0.750. The second-order valence-electron chi connectivity index (χ2n) is 4.61. The summed E-state index contributed by atoms with van der Waals surface area (Å²) >= 11 is 0. The van der Waals surface area contributed by atoms with E-state index in [1.54, 1.807) is 11.0 Å². The lowest BCUT2D eigenvalue weighted by Crippen LogP contribution is -2.59. The van der Waals surface area contributed by atoms with Crippen molar-refractivity contribution in [3.63, 3.8) is 0 Å². The summed E-state index contributed by atoms with van der Waals surface area (Å²) in [6.07, 6.45) is 2.94. The predicted molar refractivity (Wildman–Crippen MR) is 64.0 cm³/mol. The Hall–Kier alpha value is -0.870. The zero-order valence-corrected chi connectivity index (χ0v) is 10.2. The Balaban J connectivity index is 2.75. The Bertz CT molecular complexity index is 258. The van der Waals surface area contributed by atoms with Gasteiger partial charge in [0.15, 0.2) is 0 Å². The number of ether oxygens (including phenoxy) is 1. The van der Waals surface area contributed by atoms with Gasteiger partial charge >= 0.3 is 0 Å². The Morgan fingerprint density at radius 1 is 1.56 bits per heavy atom. The van der Waals surface area contributed by atoms with E-state index in [4.69, 9.17) is 10.5 Å². The lowest BCUT2D eigenvalue weighted by molar-refractivity contribution is -0.141. The van der Waals surface area contributed by atoms with Gasteiger partial charge in [-0.2, -0.15) is 0 Å². The molecule has 0 saturated carbocycles. The maximum absolute atomic E-state index is 12.3. The van der Waals surface area contributed by atoms with Gasteiger partial charge in [-0.05, 0) is 26.7 Å². The SMILES string of the molecule is C=CCN(C(=O)C1(N)CCOCC1)C(C)C. The smallest absolute Gasteiger partial charge is 0.243 e. The standard InChI is InChI=1S/C12H22N2O2/c1-4-7-14(10(2)3)11(15)12(13)5-8-16-9-6-12/h4,10H,1,5-9,13H2,2-3H3. The Morgan fingerprint density at radius 3 is 2.56 bits per heavy atom. The zero-order valence-electron chi connectivity index (χ0n) is 10.2. The van der Waals surface area contributed by atoms with Gasteiger partial charge in [-0.3, -0.25) is 4.79 Å². The minimum atomic E-state index is -0.745. The van der Waals surface area contributed by atoms with Gasteiger partial charge in [-0.1, -0.05) is 6.08 Å². The number of carbonyl (C=O) groups excluding carboxylic acids is 1. The summed E-state index contributed by atoms with van der Waals surface area (Å²) < 4.78 is 5.24. The molecule has 92 valence electrons. The quantitative estimate of drug-likeness (QED) is 0.725. The largest absolute Gasteiger partial charge is 0.381 e. The Morgan fingerprint density at radius 2 is 2.12 bits per heavy atom. The lowest BCUT2D eigenvalue weighted by atomic mass is 9.89. The van der Waals surface area contributed by atoms with Gasteiger partial charge in [0.05, 0.1) is 5.54 Å². The number of rotatable bonds is 4. The van der Waals surface area contributed by atoms with Crippen LogP contribution in [0.3, 0.4) is 0 Å². The molecule has 1 rings (SSSR count). The summed E-state index contributed by atoms with van der Waals surface area (Å²) in [6, 6.07) is 0.147. The molecule has 1 fully saturated rings. The molecular formula is C12H22N2O2. The summed E-state index contributed by atoms with van der Waals surface area (Å²) in [7, 11) is 0. The van der Waals surface area contributed by atoms with Gasteiger partial charge in [0.1, 0.15) is 0 Å². The van der Waals surface area contributed by atoms with Crippen molar-refractivity contribution in [1.82, 2.24) is 4.90 Å². The molecule has 0 aliphatic carbocycles. The topological polar surface area (TPSA) is 55.6 Å². The third-order valence-electron chi connectivity index (χ3n) is 3.02. The van der Waals surface area contributed by atoms with Gasteiger partial charge in [0.25, 0.3) is 0 Å². The van der Waals surface area contributed by atoms with Gasteiger partial charge in [-0.25, -0.2) is 0 Å². The highest BCUT2D eigenvalue weighted by Gasteiger charge is 2.39. The van der Waals surface area contributed by atoms with E-state index in [0.717, 1.165) is 0 Å². The van der Waals surface area contributed by atoms with Crippen molar-refractivity contribution >= 4 is 5.91 Å². The molecule has 1 saturated heterocycles. The molecule has 4 heteroatoms. The molecule has 0 aromatic rings. The molecule has 1 heterocycles. The maximum Gasteiger partial charge on any atom is 0.243 e. The summed E-state index contributed by atoms with van der Waals surface area (Å²) in [4.78, 5) is 14.1. The number of nitrogens with two attached hydrogens (primary N) is 1. The molecule has 0 atom stereocenters. The van der Waals surface area contributed by atoms with Crippen LogP contribution < -0.4 is 5.73 Å². The van der Waals surface area contributed by atoms with E-state index < -0.39 is 5.54 Å². The summed E-state index contributed by atoms with van der Waals surface area (Å²) in [5.74, 6) is 0.0192. The Kier molecular flexibility index (Phi) is 4.50. The summed E-state index contributed by atoms with van der Waals surface area (Å²) in [6.45, 7) is 9.35. The number of hydrogen-bond donors (Lipinski definition) is 1. The van der Waals surface area contributed by atoms with Gasteiger partial charge < -0.3 is 15.4 Å². The van der Waals surface area contributed by atoms with Crippen LogP contribution in [0.15, 0.2) is 12.7 Å². The molecule has 0 aromatic carbocycles. The third-order valence-corrected chi connectivity index (χ3v) is 3.02. The Labute approximate surface area is 97.4 Å². The molecule has 0 bridgehead atoms. The monoisotopic (exact) mass is 226 g/mol. The summed E-state index contributed by atoms with van der Waals surface area (Å²) in [5, 5.41) is 0. The van der Waals surface area contributed by atoms with E-state index in [2.05, 4.69) is 6.58 Å². The van der Waals surface area contributed by atoms with Crippen LogP contribution in [0.1, 0.15) is 26.7 Å². The first-order chi connectivity index (χ1) is 7.51. The van der Waals surface area contributed by atoms with Crippen molar-refractivity contribution in [3.8, 4) is 0 Å². The van der Waals surface area contributed by atoms with Crippen LogP contribution in [-0.4, -0.2) is 42.1 Å². The molecule has 1 aliphatic rings. The second-order valence-corrected chi connectivity index (χ2v) is 4.61. The minimum absolute atomic E-state index is 0.0192. The van der Waals surface area contributed by atoms with E-state index in [9.17, 15) is 4.79 Å². The van der Waals surface area contributed by atoms with E-state index in [1.165, 1.54) is 0 Å². The number of nitrogens with zero attached hydrogens (tertiary/aromatic N) is 1. The molecule has 4 nitrogen and oxygen atoms in total. The average molecular weight is 226 g/mol. The molecule has 0 unspecified atom stereocenters. The van der Waals surface area contributed by atoms with Crippen LogP contribution in [0, 0.1) is 0 Å². The number of carbonyl (C=O) groups is 1. The summed E-state index contributed by atoms with van der Waals surface area (Å²) in [5.41, 5.74) is 5.42. The van der Waals surface area contributed by atoms with E-state index in [-0.39, 0.29) is 11.9 Å². The van der Waals surface area contributed by atoms with Crippen LogP contribution in [0.4, 0.5) is 0 Å². The number of amides is 1. The highest BCUT2D eigenvalue weighted by Crippen LogP contribution is 2.21. The van der Waals surface area contributed by atoms with Crippen molar-refractivity contribution < 1.29 is 9.53 Å². The van der Waals surface area contributed by atoms with Crippen LogP contribution in [-0.2, 0) is 9.53 Å². The molecule has 0 aromatic heterocycles. The highest BCUT2D eigenvalue weighted by atomic mass is 16.5. The normalized spacial score (nSPS) is 19.5. The van der Waals surface area contributed by atoms with Crippen molar-refractivity contribution in [2.45, 2.75) is 38.3 Å². The minimum Gasteiger partial charge on any atom is -0.381 e. The molecule has 1 aliphatic heterocycles. The fourth-order valence-corrected chi connectivity index (χ4v) is 1.90. The van der Waals surface area contributed by atoms with Crippen molar-refractivity contribution in [3.05, 3.63) is 12.7 Å². The van der Waals surface area contributed by atoms with Crippen molar-refractivity contribution in [2.24, 2.45) is 5.73 Å². The van der Waals surface area contributed by atoms with Crippen LogP contribution in [0.5, 0.6) is 0 Å². The van der Waals surface area contributed by atoms with Crippen molar-refractivity contribution in [1.29, 1.82) is 0 Å². The van der Waals surface area contributed by atoms with E-state index in [1.807, 2.05) is 13.8 Å². The van der Waals surface area contributed by atoms with Crippen LogP contribution in [0.2, 0.25) is 0 Å². The van der Waals surface area contributed by atoms with Gasteiger partial charge in [0, 0.05) is 25.8 Å². The van der Waals surface area contributed by atoms with Gasteiger partial charge in [-0.15, -0.1) is 6.58 Å². The molecule has 0 radical (unpaired) electrons. The highest BCUT2D eigenvalue weighted by molar-refractivity contribution is 5.86. The zero-order chi connectivity index (χ0) is 12.2. The molecule has 2 N–H and O–H groups in total. The first kappa shape index (κ1) is 13.2. The second kappa shape index (κ2) is 5.46. The molecule has 1 amide bonds. The first-order valence-electron chi connectivity index (χ1n) is 5.80. The van der Waals surface area contributed by atoms with Crippen LogP contribution in [0.25, 0.3) is 0 Å². The maximum atomic E-state index is 12.3. The molecule has 0 spiro atoms. The average Bonchev–Trinajstić information content (AvgIpc) is 2.25. The van der Waals surface area contributed by atoms with E-state index >= 15 is 0 Å². The molecule has 16 heavy (non-hydrogen) atoms. The lowest BCUT2D eigenvalue weighted by Gasteiger charge is -2.38. The van der Waals surface area contributed by atoms with Crippen LogP contribution >= 0.6 is 0 Å². The predicted octanol–water partition coefficient (Wildman–Crippen LogP) is 0.917. The third kappa shape index (κ3) is 2.83. The fourth-order valence-electron chi connectivity index (χ4n) is 1.90. The van der Waals surface area contributed by atoms with Gasteiger partial charge in [0.2, 0.25) is 5.91 Å². The first-order valence-corrected chi connectivity index (χ1v) is 5.80. The van der Waals surface area contributed by atoms with Crippen molar-refractivity contribution in [2.75, 3.05) is 19.8 Å².